The van der Waals surface area contributed by atoms with Crippen LogP contribution in [0.25, 0.3) is 11.2 Å². The molecule has 1 aromatic carbocycles. The summed E-state index contributed by atoms with van der Waals surface area (Å²) >= 11 is 0. The average molecular weight is 414 g/mol. The zero-order valence-electron chi connectivity index (χ0n) is 17.2. The first-order chi connectivity index (χ1) is 14.1. The zero-order chi connectivity index (χ0) is 21.8. The number of methoxy groups -OCH3 is 1. The van der Waals surface area contributed by atoms with Gasteiger partial charge in [-0.15, -0.1) is 0 Å². The van der Waals surface area contributed by atoms with E-state index in [1.165, 1.54) is 16.7 Å². The number of benzene rings is 1. The van der Waals surface area contributed by atoms with Gasteiger partial charge in [0.1, 0.15) is 11.3 Å². The Kier molecular flexibility index (Phi) is 4.61. The summed E-state index contributed by atoms with van der Waals surface area (Å²) in [6.07, 6.45) is 2.96. The molecule has 1 amide bonds. The minimum absolute atomic E-state index is 0.0251. The molecule has 0 saturated heterocycles. The number of nitrogens with one attached hydrogen (secondary N) is 1. The Morgan fingerprint density at radius 1 is 1.40 bits per heavy atom. The zero-order valence-corrected chi connectivity index (χ0v) is 17.2. The van der Waals surface area contributed by atoms with Gasteiger partial charge in [-0.3, -0.25) is 13.9 Å². The predicted octanol–water partition coefficient (Wildman–Crippen LogP) is 2.16. The van der Waals surface area contributed by atoms with E-state index in [1.807, 2.05) is 6.92 Å². The fourth-order valence-electron chi connectivity index (χ4n) is 3.94. The molecule has 1 aliphatic carbocycles. The number of aryl methyl sites for hydroxylation is 2. The van der Waals surface area contributed by atoms with Crippen molar-refractivity contribution in [2.45, 2.75) is 38.3 Å². The number of nitrogens with two attached hydrogens (primary N) is 1. The quantitative estimate of drug-likeness (QED) is 0.661. The van der Waals surface area contributed by atoms with Crippen molar-refractivity contribution >= 4 is 28.7 Å². The molecule has 158 valence electrons. The Morgan fingerprint density at radius 3 is 2.73 bits per heavy atom. The Bertz CT molecular complexity index is 1230. The molecule has 1 fully saturated rings. The number of aromatic nitrogens is 4. The molecule has 2 heterocycles. The summed E-state index contributed by atoms with van der Waals surface area (Å²) in [4.78, 5) is 32.9. The minimum Gasteiger partial charge on any atom is -0.378 e. The first-order valence-corrected chi connectivity index (χ1v) is 9.49. The largest absolute Gasteiger partial charge is 0.378 e. The van der Waals surface area contributed by atoms with E-state index in [4.69, 9.17) is 10.5 Å². The van der Waals surface area contributed by atoms with E-state index < -0.39 is 11.7 Å². The van der Waals surface area contributed by atoms with Gasteiger partial charge in [-0.05, 0) is 44.4 Å². The number of imidazole rings is 1. The maximum Gasteiger partial charge on any atom is 0.330 e. The summed E-state index contributed by atoms with van der Waals surface area (Å²) in [5.41, 5.74) is 6.68. The number of halogens is 1. The smallest absolute Gasteiger partial charge is 0.330 e. The molecule has 1 aliphatic rings. The van der Waals surface area contributed by atoms with Gasteiger partial charge in [0.05, 0.1) is 17.4 Å². The number of amides is 1. The second kappa shape index (κ2) is 6.91. The van der Waals surface area contributed by atoms with E-state index in [-0.39, 0.29) is 28.8 Å². The molecule has 0 bridgehead atoms. The average Bonchev–Trinajstić information content (AvgIpc) is 2.92. The number of ether oxygens (including phenoxy) is 1. The predicted molar refractivity (Wildman–Crippen MR) is 109 cm³/mol. The third-order valence-electron chi connectivity index (χ3n) is 5.85. The van der Waals surface area contributed by atoms with Crippen LogP contribution in [0.2, 0.25) is 0 Å². The van der Waals surface area contributed by atoms with E-state index in [1.54, 1.807) is 31.8 Å². The first kappa shape index (κ1) is 20.0. The van der Waals surface area contributed by atoms with Crippen molar-refractivity contribution in [3.63, 3.8) is 0 Å². The van der Waals surface area contributed by atoms with E-state index in [0.717, 1.165) is 0 Å². The van der Waals surface area contributed by atoms with E-state index in [2.05, 4.69) is 15.3 Å². The van der Waals surface area contributed by atoms with Crippen LogP contribution in [0.4, 0.5) is 16.0 Å². The molecule has 9 nitrogen and oxygen atoms in total. The van der Waals surface area contributed by atoms with Crippen LogP contribution in [0.1, 0.15) is 41.7 Å². The number of carbonyl (C=O) groups excluding carboxylic acids is 1. The van der Waals surface area contributed by atoms with Gasteiger partial charge in [0.15, 0.2) is 5.65 Å². The molecule has 0 aliphatic heterocycles. The van der Waals surface area contributed by atoms with Crippen molar-refractivity contribution in [3.8, 4) is 0 Å². The molecule has 2 aromatic heterocycles. The van der Waals surface area contributed by atoms with Crippen LogP contribution >= 0.6 is 0 Å². The Hall–Kier alpha value is -3.27. The lowest BCUT2D eigenvalue weighted by atomic mass is 9.77. The summed E-state index contributed by atoms with van der Waals surface area (Å²) in [5.74, 6) is -1.36. The molecule has 3 aromatic rings. The van der Waals surface area contributed by atoms with Gasteiger partial charge >= 0.3 is 5.69 Å². The number of hydrogen-bond acceptors (Lipinski definition) is 6. The Morgan fingerprint density at radius 2 is 2.10 bits per heavy atom. The Balaban J connectivity index is 1.72. The van der Waals surface area contributed by atoms with Crippen LogP contribution in [0.15, 0.2) is 23.1 Å². The highest BCUT2D eigenvalue weighted by molar-refractivity contribution is 5.94. The van der Waals surface area contributed by atoms with Crippen molar-refractivity contribution in [3.05, 3.63) is 45.8 Å². The van der Waals surface area contributed by atoms with Crippen molar-refractivity contribution in [2.75, 3.05) is 12.4 Å². The molecule has 0 unspecified atom stereocenters. The van der Waals surface area contributed by atoms with Crippen LogP contribution in [-0.4, -0.2) is 37.7 Å². The molecule has 30 heavy (non-hydrogen) atoms. The molecule has 3 N–H and O–H groups in total. The van der Waals surface area contributed by atoms with Crippen molar-refractivity contribution < 1.29 is 13.9 Å². The number of carbonyl (C=O) groups is 1. The van der Waals surface area contributed by atoms with E-state index >= 15 is 0 Å². The van der Waals surface area contributed by atoms with Gasteiger partial charge < -0.3 is 15.8 Å². The third-order valence-corrected chi connectivity index (χ3v) is 5.85. The first-order valence-electron chi connectivity index (χ1n) is 9.49. The fourth-order valence-corrected chi connectivity index (χ4v) is 3.94. The summed E-state index contributed by atoms with van der Waals surface area (Å²) in [6, 6.07) is 2.52. The maximum absolute atomic E-state index is 14.2. The highest BCUT2D eigenvalue weighted by Gasteiger charge is 2.43. The van der Waals surface area contributed by atoms with Gasteiger partial charge in [-0.2, -0.15) is 4.98 Å². The number of fused-ring (bicyclic) bond motifs is 1. The number of rotatable bonds is 5. The van der Waals surface area contributed by atoms with Crippen LogP contribution in [0, 0.1) is 12.7 Å². The maximum atomic E-state index is 14.2. The van der Waals surface area contributed by atoms with Crippen molar-refractivity contribution in [2.24, 2.45) is 12.8 Å². The molecule has 0 radical (unpaired) electrons. The lowest BCUT2D eigenvalue weighted by Crippen LogP contribution is -2.46. The van der Waals surface area contributed by atoms with Crippen LogP contribution in [0.5, 0.6) is 0 Å². The second-order valence-corrected chi connectivity index (χ2v) is 7.97. The van der Waals surface area contributed by atoms with Crippen LogP contribution in [-0.2, 0) is 11.8 Å². The van der Waals surface area contributed by atoms with Crippen LogP contribution < -0.4 is 16.7 Å². The molecular weight excluding hydrogens is 391 g/mol. The molecular formula is C20H23FN6O3. The fraction of sp³-hybridized carbons (Fsp3) is 0.400. The molecule has 0 atom stereocenters. The lowest BCUT2D eigenvalue weighted by molar-refractivity contribution is -0.0848. The molecule has 1 saturated carbocycles. The summed E-state index contributed by atoms with van der Waals surface area (Å²) in [5, 5.41) is 2.97. The number of anilines is 2. The van der Waals surface area contributed by atoms with Gasteiger partial charge in [0, 0.05) is 25.9 Å². The standard InChI is InChI=1S/C20H23FN6O3/c1-10-5-12(16(22)28)13(21)6-14(10)24-18-23-9-15-17(25-18)27(19(29)26(15)3)11-7-20(2,8-11)30-4/h5-6,9,11H,7-8H2,1-4H3,(H2,22,28)(H,23,24,25). The lowest BCUT2D eigenvalue weighted by Gasteiger charge is -2.44. The molecule has 4 rings (SSSR count). The van der Waals surface area contributed by atoms with Gasteiger partial charge in [0.2, 0.25) is 5.95 Å². The topological polar surface area (TPSA) is 117 Å². The van der Waals surface area contributed by atoms with Crippen molar-refractivity contribution in [1.82, 2.24) is 19.1 Å². The number of nitrogens with zero attached hydrogens (tertiary/aromatic N) is 4. The SMILES string of the molecule is COC1(C)CC(n2c(=O)n(C)c3cnc(Nc4cc(F)c(C(N)=O)cc4C)nc32)C1. The number of primary amides is 1. The van der Waals surface area contributed by atoms with Gasteiger partial charge in [-0.1, -0.05) is 0 Å². The van der Waals surface area contributed by atoms with Crippen LogP contribution in [0.3, 0.4) is 0 Å². The Labute approximate surface area is 171 Å². The second-order valence-electron chi connectivity index (χ2n) is 7.97. The summed E-state index contributed by atoms with van der Waals surface area (Å²) < 4.78 is 22.8. The van der Waals surface area contributed by atoms with Gasteiger partial charge in [-0.25, -0.2) is 14.2 Å². The highest BCUT2D eigenvalue weighted by atomic mass is 19.1. The molecule has 0 spiro atoms. The number of hydrogen-bond donors (Lipinski definition) is 2. The normalized spacial score (nSPS) is 20.9. The molecule has 10 heteroatoms. The highest BCUT2D eigenvalue weighted by Crippen LogP contribution is 2.43. The minimum atomic E-state index is -0.836. The monoisotopic (exact) mass is 414 g/mol. The third kappa shape index (κ3) is 3.13. The summed E-state index contributed by atoms with van der Waals surface area (Å²) in [7, 11) is 3.34. The van der Waals surface area contributed by atoms with Crippen molar-refractivity contribution in [1.29, 1.82) is 0 Å². The van der Waals surface area contributed by atoms with E-state index in [9.17, 15) is 14.0 Å². The summed E-state index contributed by atoms with van der Waals surface area (Å²) in [6.45, 7) is 3.72. The van der Waals surface area contributed by atoms with Gasteiger partial charge in [0.25, 0.3) is 5.91 Å². The van der Waals surface area contributed by atoms with E-state index in [0.29, 0.717) is 35.3 Å².